The van der Waals surface area contributed by atoms with Crippen LogP contribution in [-0.2, 0) is 6.42 Å². The quantitative estimate of drug-likeness (QED) is 0.779. The Bertz CT molecular complexity index is 304. The van der Waals surface area contributed by atoms with E-state index in [1.165, 1.54) is 5.56 Å². The second kappa shape index (κ2) is 7.82. The highest BCUT2D eigenvalue weighted by Crippen LogP contribution is 2.12. The Labute approximate surface area is 106 Å². The minimum atomic E-state index is 0.305. The fraction of sp³-hybridized carbons (Fsp3) is 0.538. The number of hydrogen-bond acceptors (Lipinski definition) is 2. The van der Waals surface area contributed by atoms with Crippen LogP contribution in [0.15, 0.2) is 28.7 Å². The summed E-state index contributed by atoms with van der Waals surface area (Å²) >= 11 is 3.48. The van der Waals surface area contributed by atoms with E-state index in [0.717, 1.165) is 36.8 Å². The zero-order chi connectivity index (χ0) is 11.8. The molecule has 16 heavy (non-hydrogen) atoms. The van der Waals surface area contributed by atoms with Gasteiger partial charge in [0.25, 0.3) is 0 Å². The minimum Gasteiger partial charge on any atom is -0.396 e. The minimum absolute atomic E-state index is 0.305. The monoisotopic (exact) mass is 285 g/mol. The number of halogens is 1. The molecule has 0 radical (unpaired) electrons. The second-order valence-corrected chi connectivity index (χ2v) is 5.03. The molecule has 0 bridgehead atoms. The van der Waals surface area contributed by atoms with Gasteiger partial charge in [-0.3, -0.25) is 0 Å². The van der Waals surface area contributed by atoms with Gasteiger partial charge in [-0.15, -0.1) is 0 Å². The molecule has 3 heteroatoms. The summed E-state index contributed by atoms with van der Waals surface area (Å²) in [7, 11) is 2.13. The Morgan fingerprint density at radius 2 is 2.06 bits per heavy atom. The summed E-state index contributed by atoms with van der Waals surface area (Å²) in [5, 5.41) is 8.69. The van der Waals surface area contributed by atoms with Crippen LogP contribution in [0.25, 0.3) is 0 Å². The van der Waals surface area contributed by atoms with E-state index in [2.05, 4.69) is 52.1 Å². The molecule has 0 saturated carbocycles. The lowest BCUT2D eigenvalue weighted by molar-refractivity contribution is 0.264. The lowest BCUT2D eigenvalue weighted by Gasteiger charge is -2.16. The molecule has 0 amide bonds. The number of nitrogens with zero attached hydrogens (tertiary/aromatic N) is 1. The summed E-state index contributed by atoms with van der Waals surface area (Å²) in [5.41, 5.74) is 1.36. The van der Waals surface area contributed by atoms with Gasteiger partial charge in [0.05, 0.1) is 0 Å². The van der Waals surface area contributed by atoms with E-state index in [1.807, 2.05) is 0 Å². The van der Waals surface area contributed by atoms with Crippen molar-refractivity contribution >= 4 is 15.9 Å². The Morgan fingerprint density at radius 3 is 2.75 bits per heavy atom. The van der Waals surface area contributed by atoms with Gasteiger partial charge in [-0.25, -0.2) is 0 Å². The molecule has 2 nitrogen and oxygen atoms in total. The highest BCUT2D eigenvalue weighted by molar-refractivity contribution is 9.10. The van der Waals surface area contributed by atoms with E-state index in [1.54, 1.807) is 0 Å². The molecule has 0 unspecified atom stereocenters. The number of unbranched alkanes of at least 4 members (excludes halogenated alkanes) is 1. The number of likely N-dealkylation sites (N-methyl/N-ethyl adjacent to an activating group) is 1. The number of hydrogen-bond donors (Lipinski definition) is 1. The second-order valence-electron chi connectivity index (χ2n) is 4.11. The largest absolute Gasteiger partial charge is 0.396 e. The molecular formula is C13H20BrNO. The van der Waals surface area contributed by atoms with Gasteiger partial charge in [-0.2, -0.15) is 0 Å². The van der Waals surface area contributed by atoms with Gasteiger partial charge < -0.3 is 10.0 Å². The van der Waals surface area contributed by atoms with E-state index in [0.29, 0.717) is 6.61 Å². The number of rotatable bonds is 7. The Hall–Kier alpha value is -0.380. The number of aliphatic hydroxyl groups excluding tert-OH is 1. The smallest absolute Gasteiger partial charge is 0.0431 e. The van der Waals surface area contributed by atoms with Crippen molar-refractivity contribution < 1.29 is 5.11 Å². The number of aliphatic hydroxyl groups is 1. The lowest BCUT2D eigenvalue weighted by atomic mass is 10.1. The van der Waals surface area contributed by atoms with Gasteiger partial charge in [0.15, 0.2) is 0 Å². The fourth-order valence-corrected chi connectivity index (χ4v) is 2.06. The molecule has 0 aromatic heterocycles. The highest BCUT2D eigenvalue weighted by Gasteiger charge is 1.99. The van der Waals surface area contributed by atoms with E-state index in [4.69, 9.17) is 5.11 Å². The van der Waals surface area contributed by atoms with Crippen molar-refractivity contribution in [2.45, 2.75) is 19.3 Å². The maximum atomic E-state index is 8.69. The highest BCUT2D eigenvalue weighted by atomic mass is 79.9. The Balaban J connectivity index is 2.23. The van der Waals surface area contributed by atoms with Gasteiger partial charge in [-0.05, 0) is 50.6 Å². The Kier molecular flexibility index (Phi) is 6.69. The maximum absolute atomic E-state index is 8.69. The third-order valence-electron chi connectivity index (χ3n) is 2.62. The molecule has 0 atom stereocenters. The lowest BCUT2D eigenvalue weighted by Crippen LogP contribution is -2.22. The van der Waals surface area contributed by atoms with Crippen LogP contribution in [0.4, 0.5) is 0 Å². The van der Waals surface area contributed by atoms with Crippen molar-refractivity contribution in [3.63, 3.8) is 0 Å². The maximum Gasteiger partial charge on any atom is 0.0431 e. The molecule has 0 saturated heterocycles. The van der Waals surface area contributed by atoms with Crippen LogP contribution in [0.2, 0.25) is 0 Å². The first-order chi connectivity index (χ1) is 7.72. The summed E-state index contributed by atoms with van der Waals surface area (Å²) in [4.78, 5) is 2.32. The Morgan fingerprint density at radius 1 is 1.25 bits per heavy atom. The van der Waals surface area contributed by atoms with E-state index >= 15 is 0 Å². The van der Waals surface area contributed by atoms with E-state index in [-0.39, 0.29) is 0 Å². The summed E-state index contributed by atoms with van der Waals surface area (Å²) in [6, 6.07) is 8.45. The molecule has 0 aliphatic carbocycles. The van der Waals surface area contributed by atoms with Crippen molar-refractivity contribution in [2.75, 3.05) is 26.7 Å². The average Bonchev–Trinajstić information content (AvgIpc) is 2.27. The summed E-state index contributed by atoms with van der Waals surface area (Å²) < 4.78 is 1.15. The first-order valence-corrected chi connectivity index (χ1v) is 6.55. The van der Waals surface area contributed by atoms with E-state index < -0.39 is 0 Å². The van der Waals surface area contributed by atoms with Gasteiger partial charge in [0.2, 0.25) is 0 Å². The molecule has 1 N–H and O–H groups in total. The van der Waals surface area contributed by atoms with Gasteiger partial charge in [0.1, 0.15) is 0 Å². The molecule has 1 aromatic carbocycles. The van der Waals surface area contributed by atoms with Crippen molar-refractivity contribution in [1.29, 1.82) is 0 Å². The van der Waals surface area contributed by atoms with Crippen molar-refractivity contribution in [3.8, 4) is 0 Å². The third-order valence-corrected chi connectivity index (χ3v) is 3.11. The predicted octanol–water partition coefficient (Wildman–Crippen LogP) is 2.70. The van der Waals surface area contributed by atoms with Crippen LogP contribution in [0, 0.1) is 0 Å². The van der Waals surface area contributed by atoms with Crippen LogP contribution in [0.1, 0.15) is 18.4 Å². The fourth-order valence-electron chi connectivity index (χ4n) is 1.62. The van der Waals surface area contributed by atoms with Crippen molar-refractivity contribution in [3.05, 3.63) is 34.3 Å². The molecule has 0 fully saturated rings. The third kappa shape index (κ3) is 5.64. The van der Waals surface area contributed by atoms with Crippen LogP contribution < -0.4 is 0 Å². The molecule has 0 spiro atoms. The molecule has 0 aliphatic heterocycles. The van der Waals surface area contributed by atoms with Crippen LogP contribution >= 0.6 is 15.9 Å². The normalized spacial score (nSPS) is 11.0. The zero-order valence-electron chi connectivity index (χ0n) is 9.82. The van der Waals surface area contributed by atoms with Crippen molar-refractivity contribution in [1.82, 2.24) is 4.90 Å². The molecule has 90 valence electrons. The van der Waals surface area contributed by atoms with E-state index in [9.17, 15) is 0 Å². The van der Waals surface area contributed by atoms with Gasteiger partial charge in [0, 0.05) is 17.6 Å². The summed E-state index contributed by atoms with van der Waals surface area (Å²) in [6.07, 6.45) is 3.06. The van der Waals surface area contributed by atoms with Crippen molar-refractivity contribution in [2.24, 2.45) is 0 Å². The standard InChI is InChI=1S/C13H20BrNO/c1-15(8-2-3-10-16)9-7-12-5-4-6-13(14)11-12/h4-6,11,16H,2-3,7-10H2,1H3. The van der Waals surface area contributed by atoms with Gasteiger partial charge >= 0.3 is 0 Å². The zero-order valence-corrected chi connectivity index (χ0v) is 11.4. The SMILES string of the molecule is CN(CCCCO)CCc1cccc(Br)c1. The van der Waals surface area contributed by atoms with Crippen LogP contribution in [0.5, 0.6) is 0 Å². The average molecular weight is 286 g/mol. The predicted molar refractivity (Wildman–Crippen MR) is 71.7 cm³/mol. The summed E-state index contributed by atoms with van der Waals surface area (Å²) in [6.45, 7) is 2.44. The first-order valence-electron chi connectivity index (χ1n) is 5.76. The number of benzene rings is 1. The molecule has 1 aromatic rings. The molecule has 0 aliphatic rings. The molecule has 0 heterocycles. The van der Waals surface area contributed by atoms with Crippen LogP contribution in [0.3, 0.4) is 0 Å². The van der Waals surface area contributed by atoms with Gasteiger partial charge in [-0.1, -0.05) is 28.1 Å². The molecule has 1 rings (SSSR count). The summed E-state index contributed by atoms with van der Waals surface area (Å²) in [5.74, 6) is 0. The van der Waals surface area contributed by atoms with Crippen LogP contribution in [-0.4, -0.2) is 36.8 Å². The molecular weight excluding hydrogens is 266 g/mol. The first kappa shape index (κ1) is 13.7. The topological polar surface area (TPSA) is 23.5 Å².